The minimum absolute atomic E-state index is 0.137. The molecule has 3 atom stereocenters. The Balaban J connectivity index is 1.29. The monoisotopic (exact) mass is 470 g/mol. The van der Waals surface area contributed by atoms with E-state index >= 15 is 0 Å². The first-order valence-corrected chi connectivity index (χ1v) is 11.1. The Kier molecular flexibility index (Phi) is 5.31. The number of amides is 3. The summed E-state index contributed by atoms with van der Waals surface area (Å²) in [6, 6.07) is 10.9. The molecule has 0 radical (unpaired) electrons. The van der Waals surface area contributed by atoms with Gasteiger partial charge in [-0.25, -0.2) is 0 Å². The molecule has 2 saturated heterocycles. The number of hydrogen-bond acceptors (Lipinski definition) is 3. The lowest BCUT2D eigenvalue weighted by Gasteiger charge is -2.34. The van der Waals surface area contributed by atoms with Gasteiger partial charge in [-0.2, -0.15) is 0 Å². The second kappa shape index (κ2) is 8.15. The van der Waals surface area contributed by atoms with Gasteiger partial charge in [0, 0.05) is 51.7 Å². The second-order valence-electron chi connectivity index (χ2n) is 8.20. The molecule has 5 rings (SSSR count). The molecule has 1 aromatic heterocycles. The smallest absolute Gasteiger partial charge is 0.251 e. The number of aromatic amines is 1. The molecular formula is C23H20Cl2N4O3. The molecule has 3 aromatic rings. The van der Waals surface area contributed by atoms with Crippen molar-refractivity contribution < 1.29 is 14.4 Å². The number of piperazine rings is 1. The zero-order valence-electron chi connectivity index (χ0n) is 16.9. The molecule has 9 heteroatoms. The van der Waals surface area contributed by atoms with Gasteiger partial charge in [-0.05, 0) is 36.2 Å². The van der Waals surface area contributed by atoms with E-state index < -0.39 is 12.1 Å². The maximum atomic E-state index is 13.2. The molecule has 0 saturated carbocycles. The number of hydrogen-bond donors (Lipinski definition) is 3. The van der Waals surface area contributed by atoms with Crippen LogP contribution < -0.4 is 10.6 Å². The summed E-state index contributed by atoms with van der Waals surface area (Å²) < 4.78 is 0. The third-order valence-electron chi connectivity index (χ3n) is 6.06. The molecule has 2 fully saturated rings. The molecule has 7 nitrogen and oxygen atoms in total. The summed E-state index contributed by atoms with van der Waals surface area (Å²) in [7, 11) is 0. The Bertz CT molecular complexity index is 1220. The predicted octanol–water partition coefficient (Wildman–Crippen LogP) is 2.92. The lowest BCUT2D eigenvalue weighted by Crippen LogP contribution is -2.61. The summed E-state index contributed by atoms with van der Waals surface area (Å²) in [5.41, 5.74) is 2.29. The van der Waals surface area contributed by atoms with Gasteiger partial charge in [0.15, 0.2) is 0 Å². The molecule has 3 heterocycles. The Morgan fingerprint density at radius 3 is 2.66 bits per heavy atom. The summed E-state index contributed by atoms with van der Waals surface area (Å²) in [5, 5.41) is 7.52. The summed E-state index contributed by atoms with van der Waals surface area (Å²) in [6.07, 6.45) is 2.63. The minimum Gasteiger partial charge on any atom is -0.361 e. The Hall–Kier alpha value is -3.03. The highest BCUT2D eigenvalue weighted by Crippen LogP contribution is 2.26. The van der Waals surface area contributed by atoms with Crippen LogP contribution in [-0.4, -0.2) is 52.3 Å². The van der Waals surface area contributed by atoms with Crippen molar-refractivity contribution in [2.24, 2.45) is 0 Å². The molecular weight excluding hydrogens is 451 g/mol. The van der Waals surface area contributed by atoms with Gasteiger partial charge in [-0.1, -0.05) is 41.4 Å². The van der Waals surface area contributed by atoms with Crippen LogP contribution in [0.25, 0.3) is 10.9 Å². The van der Waals surface area contributed by atoms with Gasteiger partial charge in [0.1, 0.15) is 12.1 Å². The van der Waals surface area contributed by atoms with Crippen LogP contribution in [0.4, 0.5) is 0 Å². The molecule has 32 heavy (non-hydrogen) atoms. The van der Waals surface area contributed by atoms with Gasteiger partial charge in [0.05, 0.1) is 0 Å². The van der Waals surface area contributed by atoms with E-state index in [0.29, 0.717) is 28.5 Å². The van der Waals surface area contributed by atoms with Crippen LogP contribution in [0.2, 0.25) is 10.0 Å². The van der Waals surface area contributed by atoms with Crippen LogP contribution in [0, 0.1) is 0 Å². The van der Waals surface area contributed by atoms with Crippen LogP contribution in [0.5, 0.6) is 0 Å². The van der Waals surface area contributed by atoms with Gasteiger partial charge in [-0.3, -0.25) is 14.4 Å². The van der Waals surface area contributed by atoms with Crippen molar-refractivity contribution >= 4 is 51.8 Å². The summed E-state index contributed by atoms with van der Waals surface area (Å²) in [6.45, 7) is 0.279. The lowest BCUT2D eigenvalue weighted by molar-refractivity contribution is -0.146. The summed E-state index contributed by atoms with van der Waals surface area (Å²) in [4.78, 5) is 43.3. The highest BCUT2D eigenvalue weighted by atomic mass is 35.5. The third kappa shape index (κ3) is 3.82. The first-order valence-electron chi connectivity index (χ1n) is 10.3. The largest absolute Gasteiger partial charge is 0.361 e. The average Bonchev–Trinajstić information content (AvgIpc) is 3.36. The molecule has 164 valence electrons. The van der Waals surface area contributed by atoms with Gasteiger partial charge in [-0.15, -0.1) is 0 Å². The number of H-pyrrole nitrogens is 1. The van der Waals surface area contributed by atoms with Gasteiger partial charge in [0.2, 0.25) is 11.8 Å². The Morgan fingerprint density at radius 2 is 1.88 bits per heavy atom. The fourth-order valence-electron chi connectivity index (χ4n) is 4.57. The topological polar surface area (TPSA) is 94.3 Å². The van der Waals surface area contributed by atoms with Crippen molar-refractivity contribution in [2.75, 3.05) is 6.54 Å². The highest BCUT2D eigenvalue weighted by molar-refractivity contribution is 6.35. The van der Waals surface area contributed by atoms with Crippen molar-refractivity contribution in [1.29, 1.82) is 0 Å². The molecule has 0 aliphatic carbocycles. The van der Waals surface area contributed by atoms with E-state index in [-0.39, 0.29) is 30.3 Å². The SMILES string of the molecule is O=C(N[C@H]1C[C@H]2C(=O)N[C@@H](Cc3c[nH]c4ccccc34)C(=O)N2C1)c1cc(Cl)cc(Cl)c1. The van der Waals surface area contributed by atoms with E-state index in [2.05, 4.69) is 15.6 Å². The number of aromatic nitrogens is 1. The van der Waals surface area contributed by atoms with Crippen LogP contribution in [-0.2, 0) is 16.0 Å². The Labute approximate surface area is 194 Å². The van der Waals surface area contributed by atoms with Crippen molar-refractivity contribution in [1.82, 2.24) is 20.5 Å². The number of nitrogens with one attached hydrogen (secondary N) is 3. The molecule has 0 bridgehead atoms. The van der Waals surface area contributed by atoms with Crippen LogP contribution >= 0.6 is 23.2 Å². The molecule has 2 aliphatic rings. The number of carbonyl (C=O) groups excluding carboxylic acids is 3. The molecule has 2 aliphatic heterocycles. The molecule has 2 aromatic carbocycles. The Morgan fingerprint density at radius 1 is 1.12 bits per heavy atom. The van der Waals surface area contributed by atoms with Gasteiger partial charge in [0.25, 0.3) is 5.91 Å². The van der Waals surface area contributed by atoms with Crippen LogP contribution in [0.3, 0.4) is 0 Å². The summed E-state index contributed by atoms with van der Waals surface area (Å²) in [5.74, 6) is -0.679. The lowest BCUT2D eigenvalue weighted by atomic mass is 10.0. The first-order chi connectivity index (χ1) is 15.4. The molecule has 3 amide bonds. The number of halogens is 2. The molecule has 3 N–H and O–H groups in total. The third-order valence-corrected chi connectivity index (χ3v) is 6.50. The van der Waals surface area contributed by atoms with Gasteiger partial charge >= 0.3 is 0 Å². The number of carbonyl (C=O) groups is 3. The number of para-hydroxylation sites is 1. The normalized spacial score (nSPS) is 22.7. The first kappa shape index (κ1) is 20.8. The quantitative estimate of drug-likeness (QED) is 0.546. The van der Waals surface area contributed by atoms with E-state index in [1.54, 1.807) is 11.0 Å². The van der Waals surface area contributed by atoms with Crippen LogP contribution in [0.1, 0.15) is 22.3 Å². The maximum absolute atomic E-state index is 13.2. The minimum atomic E-state index is -0.640. The van der Waals surface area contributed by atoms with E-state index in [4.69, 9.17) is 23.2 Å². The van der Waals surface area contributed by atoms with E-state index in [1.807, 2.05) is 30.5 Å². The fraction of sp³-hybridized carbons (Fsp3) is 0.261. The van der Waals surface area contributed by atoms with Crippen LogP contribution in [0.15, 0.2) is 48.7 Å². The second-order valence-corrected chi connectivity index (χ2v) is 9.07. The van der Waals surface area contributed by atoms with Crippen molar-refractivity contribution in [3.05, 3.63) is 69.8 Å². The number of rotatable bonds is 4. The zero-order chi connectivity index (χ0) is 22.4. The van der Waals surface area contributed by atoms with E-state index in [1.165, 1.54) is 12.1 Å². The fourth-order valence-corrected chi connectivity index (χ4v) is 5.10. The van der Waals surface area contributed by atoms with Crippen molar-refractivity contribution in [3.63, 3.8) is 0 Å². The average molecular weight is 471 g/mol. The number of fused-ring (bicyclic) bond motifs is 2. The highest BCUT2D eigenvalue weighted by Gasteiger charge is 2.46. The number of benzene rings is 2. The standard InChI is InChI=1S/C23H20Cl2N4O3/c24-14-5-12(6-15(25)8-14)21(30)27-16-9-20-22(31)28-19(23(32)29(20)11-16)7-13-10-26-18-4-2-1-3-17(13)18/h1-6,8,10,16,19-20,26H,7,9,11H2,(H,27,30)(H,28,31)/t16-,19-,20-/m0/s1. The maximum Gasteiger partial charge on any atom is 0.251 e. The van der Waals surface area contributed by atoms with Crippen molar-refractivity contribution in [3.8, 4) is 0 Å². The zero-order valence-corrected chi connectivity index (χ0v) is 18.4. The van der Waals surface area contributed by atoms with E-state index in [0.717, 1.165) is 16.5 Å². The summed E-state index contributed by atoms with van der Waals surface area (Å²) >= 11 is 12.0. The molecule has 0 unspecified atom stereocenters. The predicted molar refractivity (Wildman–Crippen MR) is 122 cm³/mol. The van der Waals surface area contributed by atoms with E-state index in [9.17, 15) is 14.4 Å². The van der Waals surface area contributed by atoms with Crippen molar-refractivity contribution in [2.45, 2.75) is 31.0 Å². The van der Waals surface area contributed by atoms with Gasteiger partial charge < -0.3 is 20.5 Å². The number of nitrogens with zero attached hydrogens (tertiary/aromatic N) is 1. The molecule has 0 spiro atoms.